The molecule has 0 spiro atoms. The molecule has 5 nitrogen and oxygen atoms in total. The Morgan fingerprint density at radius 1 is 1.24 bits per heavy atom. The van der Waals surface area contributed by atoms with Gasteiger partial charge in [0.05, 0.1) is 12.0 Å². The molecule has 0 radical (unpaired) electrons. The summed E-state index contributed by atoms with van der Waals surface area (Å²) in [5, 5.41) is 0. The molecule has 0 aliphatic rings. The molecule has 0 saturated carbocycles. The Bertz CT molecular complexity index is 720. The summed E-state index contributed by atoms with van der Waals surface area (Å²) >= 11 is 0. The zero-order chi connectivity index (χ0) is 15.5. The van der Waals surface area contributed by atoms with Gasteiger partial charge in [-0.25, -0.2) is 12.8 Å². The Kier molecular flexibility index (Phi) is 4.54. The van der Waals surface area contributed by atoms with E-state index in [2.05, 4.69) is 4.98 Å². The van der Waals surface area contributed by atoms with Gasteiger partial charge in [-0.3, -0.25) is 4.98 Å². The Morgan fingerprint density at radius 3 is 2.48 bits per heavy atom. The van der Waals surface area contributed by atoms with Crippen molar-refractivity contribution in [3.63, 3.8) is 0 Å². The summed E-state index contributed by atoms with van der Waals surface area (Å²) in [5.41, 5.74) is 0.796. The molecule has 1 aromatic heterocycles. The Morgan fingerprint density at radius 2 is 1.90 bits per heavy atom. The van der Waals surface area contributed by atoms with E-state index in [4.69, 9.17) is 4.74 Å². The van der Waals surface area contributed by atoms with Gasteiger partial charge in [-0.2, -0.15) is 4.31 Å². The van der Waals surface area contributed by atoms with Crippen LogP contribution >= 0.6 is 0 Å². The monoisotopic (exact) mass is 310 g/mol. The number of ether oxygens (including phenoxy) is 1. The van der Waals surface area contributed by atoms with Gasteiger partial charge in [-0.05, 0) is 35.9 Å². The molecule has 2 aromatic rings. The van der Waals surface area contributed by atoms with Crippen molar-refractivity contribution in [3.05, 3.63) is 54.1 Å². The highest BCUT2D eigenvalue weighted by Crippen LogP contribution is 2.23. The van der Waals surface area contributed by atoms with Gasteiger partial charge in [-0.1, -0.05) is 0 Å². The van der Waals surface area contributed by atoms with E-state index >= 15 is 0 Å². The highest BCUT2D eigenvalue weighted by molar-refractivity contribution is 7.89. The lowest BCUT2D eigenvalue weighted by molar-refractivity contribution is 0.385. The van der Waals surface area contributed by atoms with Crippen molar-refractivity contribution < 1.29 is 17.5 Å². The number of benzene rings is 1. The number of pyridine rings is 1. The number of aromatic nitrogens is 1. The van der Waals surface area contributed by atoms with E-state index in [1.165, 1.54) is 26.3 Å². The van der Waals surface area contributed by atoms with Crippen LogP contribution in [0.3, 0.4) is 0 Å². The molecule has 0 unspecified atom stereocenters. The summed E-state index contributed by atoms with van der Waals surface area (Å²) in [5.74, 6) is -0.707. The maximum Gasteiger partial charge on any atom is 0.243 e. The van der Waals surface area contributed by atoms with Crippen molar-refractivity contribution in [1.82, 2.24) is 9.29 Å². The number of halogens is 1. The smallest absolute Gasteiger partial charge is 0.243 e. The second-order valence-corrected chi connectivity index (χ2v) is 6.46. The van der Waals surface area contributed by atoms with E-state index in [1.807, 2.05) is 0 Å². The van der Waals surface area contributed by atoms with Gasteiger partial charge in [0.1, 0.15) is 0 Å². The van der Waals surface area contributed by atoms with Crippen LogP contribution < -0.4 is 4.74 Å². The third kappa shape index (κ3) is 3.37. The summed E-state index contributed by atoms with van der Waals surface area (Å²) in [6.07, 6.45) is 3.17. The summed E-state index contributed by atoms with van der Waals surface area (Å²) < 4.78 is 44.4. The van der Waals surface area contributed by atoms with Gasteiger partial charge in [0, 0.05) is 26.0 Å². The minimum absolute atomic E-state index is 0.00531. The van der Waals surface area contributed by atoms with E-state index in [0.717, 1.165) is 15.9 Å². The molecule has 0 amide bonds. The third-order valence-electron chi connectivity index (χ3n) is 2.99. The molecule has 0 saturated heterocycles. The second-order valence-electron chi connectivity index (χ2n) is 4.41. The van der Waals surface area contributed by atoms with Gasteiger partial charge in [0.15, 0.2) is 11.6 Å². The standard InChI is InChI=1S/C14H15FN2O3S/c1-17(10-11-5-7-16-8-6-11)21(18,19)12-3-4-14(20-2)13(15)9-12/h3-9H,10H2,1-2H3. The van der Waals surface area contributed by atoms with Gasteiger partial charge >= 0.3 is 0 Å². The SMILES string of the molecule is COc1ccc(S(=O)(=O)N(C)Cc2ccncc2)cc1F. The molecular weight excluding hydrogens is 295 g/mol. The number of sulfonamides is 1. The number of hydrogen-bond acceptors (Lipinski definition) is 4. The van der Waals surface area contributed by atoms with Crippen molar-refractivity contribution in [3.8, 4) is 5.75 Å². The zero-order valence-corrected chi connectivity index (χ0v) is 12.5. The van der Waals surface area contributed by atoms with Crippen molar-refractivity contribution in [2.75, 3.05) is 14.2 Å². The molecule has 21 heavy (non-hydrogen) atoms. The van der Waals surface area contributed by atoms with E-state index in [0.29, 0.717) is 0 Å². The van der Waals surface area contributed by atoms with E-state index in [9.17, 15) is 12.8 Å². The molecular formula is C14H15FN2O3S. The fourth-order valence-corrected chi connectivity index (χ4v) is 2.99. The van der Waals surface area contributed by atoms with Crippen LogP contribution in [0.1, 0.15) is 5.56 Å². The predicted octanol–water partition coefficient (Wildman–Crippen LogP) is 2.05. The maximum absolute atomic E-state index is 13.7. The number of nitrogens with zero attached hydrogens (tertiary/aromatic N) is 2. The van der Waals surface area contributed by atoms with E-state index in [1.54, 1.807) is 24.5 Å². The average molecular weight is 310 g/mol. The Labute approximate surface area is 123 Å². The molecule has 7 heteroatoms. The van der Waals surface area contributed by atoms with Gasteiger partial charge in [0.25, 0.3) is 0 Å². The average Bonchev–Trinajstić information content (AvgIpc) is 2.48. The molecule has 1 aromatic carbocycles. The quantitative estimate of drug-likeness (QED) is 0.848. The molecule has 0 atom stereocenters. The highest BCUT2D eigenvalue weighted by Gasteiger charge is 2.22. The zero-order valence-electron chi connectivity index (χ0n) is 11.7. The summed E-state index contributed by atoms with van der Waals surface area (Å²) in [6.45, 7) is 0.179. The van der Waals surface area contributed by atoms with E-state index < -0.39 is 15.8 Å². The number of methoxy groups -OCH3 is 1. The van der Waals surface area contributed by atoms with Gasteiger partial charge < -0.3 is 4.74 Å². The first kappa shape index (κ1) is 15.4. The maximum atomic E-state index is 13.7. The minimum atomic E-state index is -3.77. The largest absolute Gasteiger partial charge is 0.494 e. The lowest BCUT2D eigenvalue weighted by Gasteiger charge is -2.17. The summed E-state index contributed by atoms with van der Waals surface area (Å²) in [6, 6.07) is 7.02. The van der Waals surface area contributed by atoms with Crippen LogP contribution in [0.4, 0.5) is 4.39 Å². The molecule has 0 bridgehead atoms. The molecule has 0 aliphatic carbocycles. The van der Waals surface area contributed by atoms with Gasteiger partial charge in [-0.15, -0.1) is 0 Å². The fourth-order valence-electron chi connectivity index (χ4n) is 1.82. The molecule has 0 fully saturated rings. The Hall–Kier alpha value is -1.99. The topological polar surface area (TPSA) is 59.5 Å². The van der Waals surface area contributed by atoms with Crippen molar-refractivity contribution >= 4 is 10.0 Å². The fraction of sp³-hybridized carbons (Fsp3) is 0.214. The lowest BCUT2D eigenvalue weighted by Crippen LogP contribution is -2.26. The van der Waals surface area contributed by atoms with Crippen LogP contribution in [-0.2, 0) is 16.6 Å². The normalized spacial score (nSPS) is 11.6. The molecule has 0 aliphatic heterocycles. The van der Waals surface area contributed by atoms with Crippen molar-refractivity contribution in [2.45, 2.75) is 11.4 Å². The minimum Gasteiger partial charge on any atom is -0.494 e. The van der Waals surface area contributed by atoms with Gasteiger partial charge in [0.2, 0.25) is 10.0 Å². The Balaban J connectivity index is 2.27. The van der Waals surface area contributed by atoms with Crippen LogP contribution in [0.25, 0.3) is 0 Å². The van der Waals surface area contributed by atoms with E-state index in [-0.39, 0.29) is 17.2 Å². The molecule has 0 N–H and O–H groups in total. The lowest BCUT2D eigenvalue weighted by atomic mass is 10.3. The van der Waals surface area contributed by atoms with Crippen molar-refractivity contribution in [2.24, 2.45) is 0 Å². The van der Waals surface area contributed by atoms with Crippen LogP contribution in [0, 0.1) is 5.82 Å². The predicted molar refractivity (Wildman–Crippen MR) is 75.8 cm³/mol. The van der Waals surface area contributed by atoms with Crippen LogP contribution in [0.15, 0.2) is 47.6 Å². The van der Waals surface area contributed by atoms with Crippen LogP contribution in [-0.4, -0.2) is 31.9 Å². The number of hydrogen-bond donors (Lipinski definition) is 0. The first-order chi connectivity index (χ1) is 9.95. The first-order valence-corrected chi connectivity index (χ1v) is 7.58. The first-order valence-electron chi connectivity index (χ1n) is 6.14. The van der Waals surface area contributed by atoms with Crippen LogP contribution in [0.5, 0.6) is 5.75 Å². The molecule has 112 valence electrons. The summed E-state index contributed by atoms with van der Waals surface area (Å²) in [7, 11) is -1.00. The molecule has 2 rings (SSSR count). The van der Waals surface area contributed by atoms with Crippen molar-refractivity contribution in [1.29, 1.82) is 0 Å². The second kappa shape index (κ2) is 6.19. The molecule has 1 heterocycles. The number of rotatable bonds is 5. The third-order valence-corrected chi connectivity index (χ3v) is 4.79. The van der Waals surface area contributed by atoms with Crippen LogP contribution in [0.2, 0.25) is 0 Å². The highest BCUT2D eigenvalue weighted by atomic mass is 32.2. The summed E-state index contributed by atoms with van der Waals surface area (Å²) in [4.78, 5) is 3.76.